The summed E-state index contributed by atoms with van der Waals surface area (Å²) in [5, 5.41) is 8.63. The van der Waals surface area contributed by atoms with E-state index < -0.39 is 0 Å². The van der Waals surface area contributed by atoms with Crippen molar-refractivity contribution in [1.29, 1.82) is 0 Å². The molecule has 0 aliphatic rings. The summed E-state index contributed by atoms with van der Waals surface area (Å²) < 4.78 is 0. The summed E-state index contributed by atoms with van der Waals surface area (Å²) >= 11 is 0. The van der Waals surface area contributed by atoms with Crippen molar-refractivity contribution in [3.05, 3.63) is 29.8 Å². The quantitative estimate of drug-likeness (QED) is 0.489. The van der Waals surface area contributed by atoms with Crippen LogP contribution < -0.4 is 11.3 Å². The number of aliphatic hydroxyl groups excluding tert-OH is 1. The Morgan fingerprint density at radius 2 is 2.17 bits per heavy atom. The lowest BCUT2D eigenvalue weighted by atomic mass is 10.1. The Balaban J connectivity index is 0.00000121. The predicted molar refractivity (Wildman–Crippen MR) is 52.3 cm³/mol. The number of rotatable bonds is 3. The molecule has 0 spiro atoms. The molecule has 1 aromatic carbocycles. The molecule has 0 amide bonds. The maximum absolute atomic E-state index is 8.63. The smallest absolute Gasteiger partial charge is 0.0487 e. The average Bonchev–Trinajstić information content (AvgIpc) is 2.06. The van der Waals surface area contributed by atoms with Crippen LogP contribution in [0.2, 0.25) is 0 Å². The third-order valence-electron chi connectivity index (χ3n) is 1.49. The zero-order valence-corrected chi connectivity index (χ0v) is 7.47. The maximum atomic E-state index is 8.63. The number of aliphatic hydroxyl groups is 1. The minimum Gasteiger partial charge on any atom is -0.396 e. The van der Waals surface area contributed by atoms with E-state index in [0.29, 0.717) is 6.42 Å². The number of hydrazine groups is 1. The molecular weight excluding hydrogens is 176 g/mol. The third-order valence-corrected chi connectivity index (χ3v) is 1.49. The Morgan fingerprint density at radius 1 is 1.42 bits per heavy atom. The number of anilines is 1. The van der Waals surface area contributed by atoms with Crippen molar-refractivity contribution in [2.75, 3.05) is 12.0 Å². The van der Waals surface area contributed by atoms with E-state index in [0.717, 1.165) is 11.3 Å². The summed E-state index contributed by atoms with van der Waals surface area (Å²) in [6, 6.07) is 7.65. The van der Waals surface area contributed by atoms with E-state index in [4.69, 9.17) is 10.9 Å². The van der Waals surface area contributed by atoms with Crippen LogP contribution in [0.25, 0.3) is 0 Å². The van der Waals surface area contributed by atoms with Crippen LogP contribution >= 0.6 is 12.4 Å². The molecule has 0 heterocycles. The summed E-state index contributed by atoms with van der Waals surface area (Å²) in [7, 11) is 0. The van der Waals surface area contributed by atoms with Gasteiger partial charge in [0.05, 0.1) is 0 Å². The van der Waals surface area contributed by atoms with Gasteiger partial charge in [-0.25, -0.2) is 0 Å². The molecule has 0 atom stereocenters. The first-order valence-electron chi connectivity index (χ1n) is 3.53. The molecule has 4 heteroatoms. The zero-order chi connectivity index (χ0) is 8.10. The number of hydrogen-bond donors (Lipinski definition) is 3. The first kappa shape index (κ1) is 11.2. The molecule has 3 nitrogen and oxygen atoms in total. The predicted octanol–water partition coefficient (Wildman–Crippen LogP) is 0.929. The van der Waals surface area contributed by atoms with E-state index in [9.17, 15) is 0 Å². The third kappa shape index (κ3) is 3.09. The Labute approximate surface area is 78.0 Å². The van der Waals surface area contributed by atoms with Crippen LogP contribution in [0.3, 0.4) is 0 Å². The summed E-state index contributed by atoms with van der Waals surface area (Å²) in [5.41, 5.74) is 4.50. The largest absolute Gasteiger partial charge is 0.396 e. The highest BCUT2D eigenvalue weighted by atomic mass is 35.5. The van der Waals surface area contributed by atoms with Gasteiger partial charge < -0.3 is 10.5 Å². The minimum absolute atomic E-state index is 0. The van der Waals surface area contributed by atoms with Crippen LogP contribution in [-0.4, -0.2) is 11.7 Å². The number of nitrogens with two attached hydrogens (primary N) is 1. The van der Waals surface area contributed by atoms with E-state index in [1.807, 2.05) is 24.3 Å². The number of nitrogen functional groups attached to an aromatic ring is 1. The van der Waals surface area contributed by atoms with E-state index in [2.05, 4.69) is 5.43 Å². The van der Waals surface area contributed by atoms with E-state index >= 15 is 0 Å². The fraction of sp³-hybridized carbons (Fsp3) is 0.250. The fourth-order valence-corrected chi connectivity index (χ4v) is 0.946. The molecule has 0 fully saturated rings. The highest BCUT2D eigenvalue weighted by Crippen LogP contribution is 2.08. The van der Waals surface area contributed by atoms with Crippen LogP contribution in [0.15, 0.2) is 24.3 Å². The Kier molecular flexibility index (Phi) is 5.45. The van der Waals surface area contributed by atoms with E-state index in [1.165, 1.54) is 0 Å². The summed E-state index contributed by atoms with van der Waals surface area (Å²) in [6.07, 6.45) is 0.676. The standard InChI is InChI=1S/C8H12N2O.ClH/c9-10-8-3-1-2-7(6-8)4-5-11;/h1-3,6,10-11H,4-5,9H2;1H. The topological polar surface area (TPSA) is 58.3 Å². The van der Waals surface area contributed by atoms with Gasteiger partial charge in [0.2, 0.25) is 0 Å². The van der Waals surface area contributed by atoms with E-state index in [1.54, 1.807) is 0 Å². The lowest BCUT2D eigenvalue weighted by Gasteiger charge is -2.01. The van der Waals surface area contributed by atoms with Crippen LogP contribution in [-0.2, 0) is 6.42 Å². The van der Waals surface area contributed by atoms with Crippen molar-refractivity contribution >= 4 is 18.1 Å². The molecule has 0 unspecified atom stereocenters. The molecule has 0 saturated carbocycles. The van der Waals surface area contributed by atoms with Crippen LogP contribution in [0, 0.1) is 0 Å². The molecular formula is C8H13ClN2O. The van der Waals surface area contributed by atoms with Gasteiger partial charge in [0.1, 0.15) is 0 Å². The number of nitrogens with one attached hydrogen (secondary N) is 1. The van der Waals surface area contributed by atoms with Gasteiger partial charge in [-0.3, -0.25) is 5.84 Å². The van der Waals surface area contributed by atoms with Crippen LogP contribution in [0.4, 0.5) is 5.69 Å². The molecule has 0 aromatic heterocycles. The normalized spacial score (nSPS) is 8.83. The maximum Gasteiger partial charge on any atom is 0.0487 e. The number of halogens is 1. The number of hydrogen-bond acceptors (Lipinski definition) is 3. The molecule has 0 aliphatic heterocycles. The minimum atomic E-state index is 0. The first-order valence-corrected chi connectivity index (χ1v) is 3.53. The van der Waals surface area contributed by atoms with Gasteiger partial charge in [-0.2, -0.15) is 0 Å². The van der Waals surface area contributed by atoms with Gasteiger partial charge in [-0.05, 0) is 24.1 Å². The molecule has 1 rings (SSSR count). The molecule has 0 saturated heterocycles. The van der Waals surface area contributed by atoms with Gasteiger partial charge >= 0.3 is 0 Å². The second-order valence-electron chi connectivity index (χ2n) is 2.32. The lowest BCUT2D eigenvalue weighted by molar-refractivity contribution is 0.299. The highest BCUT2D eigenvalue weighted by molar-refractivity contribution is 5.85. The highest BCUT2D eigenvalue weighted by Gasteiger charge is 1.92. The van der Waals surface area contributed by atoms with Gasteiger partial charge in [0.15, 0.2) is 0 Å². The second kappa shape index (κ2) is 5.83. The molecule has 1 aromatic rings. The SMILES string of the molecule is Cl.NNc1cccc(CCO)c1. The zero-order valence-electron chi connectivity index (χ0n) is 6.66. The Bertz CT molecular complexity index is 230. The van der Waals surface area contributed by atoms with Crippen molar-refractivity contribution in [3.8, 4) is 0 Å². The van der Waals surface area contributed by atoms with Crippen molar-refractivity contribution in [1.82, 2.24) is 0 Å². The Morgan fingerprint density at radius 3 is 2.75 bits per heavy atom. The number of benzene rings is 1. The van der Waals surface area contributed by atoms with Crippen LogP contribution in [0.1, 0.15) is 5.56 Å². The van der Waals surface area contributed by atoms with Gasteiger partial charge in [-0.1, -0.05) is 12.1 Å². The molecule has 0 bridgehead atoms. The molecule has 12 heavy (non-hydrogen) atoms. The van der Waals surface area contributed by atoms with E-state index in [-0.39, 0.29) is 19.0 Å². The summed E-state index contributed by atoms with van der Waals surface area (Å²) in [4.78, 5) is 0. The summed E-state index contributed by atoms with van der Waals surface area (Å²) in [6.45, 7) is 0.175. The lowest BCUT2D eigenvalue weighted by Crippen LogP contribution is -2.06. The Hall–Kier alpha value is -0.770. The molecule has 0 aliphatic carbocycles. The van der Waals surface area contributed by atoms with Gasteiger partial charge in [0, 0.05) is 12.3 Å². The van der Waals surface area contributed by atoms with Crippen molar-refractivity contribution in [2.24, 2.45) is 5.84 Å². The summed E-state index contributed by atoms with van der Waals surface area (Å²) in [5.74, 6) is 5.20. The monoisotopic (exact) mass is 188 g/mol. The van der Waals surface area contributed by atoms with Crippen molar-refractivity contribution < 1.29 is 5.11 Å². The van der Waals surface area contributed by atoms with Gasteiger partial charge in [0.25, 0.3) is 0 Å². The first-order chi connectivity index (χ1) is 5.36. The molecule has 4 N–H and O–H groups in total. The molecule has 0 radical (unpaired) electrons. The van der Waals surface area contributed by atoms with Crippen molar-refractivity contribution in [3.63, 3.8) is 0 Å². The average molecular weight is 189 g/mol. The van der Waals surface area contributed by atoms with Crippen LogP contribution in [0.5, 0.6) is 0 Å². The van der Waals surface area contributed by atoms with Gasteiger partial charge in [-0.15, -0.1) is 12.4 Å². The second-order valence-corrected chi connectivity index (χ2v) is 2.32. The van der Waals surface area contributed by atoms with Crippen molar-refractivity contribution in [2.45, 2.75) is 6.42 Å². The molecule has 68 valence electrons. The fourth-order valence-electron chi connectivity index (χ4n) is 0.946.